The second kappa shape index (κ2) is 5.17. The summed E-state index contributed by atoms with van der Waals surface area (Å²) in [7, 11) is 0. The van der Waals surface area contributed by atoms with Crippen molar-refractivity contribution < 1.29 is 19.0 Å². The zero-order chi connectivity index (χ0) is 13.9. The van der Waals surface area contributed by atoms with Gasteiger partial charge in [-0.3, -0.25) is 0 Å². The molecular formula is C13H16N2O4. The van der Waals surface area contributed by atoms with Gasteiger partial charge in [-0.05, 0) is 44.5 Å². The van der Waals surface area contributed by atoms with Crippen molar-refractivity contribution in [3.05, 3.63) is 23.8 Å². The first-order chi connectivity index (χ1) is 8.94. The molecule has 2 rings (SSSR count). The molecule has 6 nitrogen and oxygen atoms in total. The molecule has 1 N–H and O–H groups in total. The summed E-state index contributed by atoms with van der Waals surface area (Å²) in [4.78, 5) is 11.3. The number of carbonyl (C=O) groups is 1. The van der Waals surface area contributed by atoms with Crippen LogP contribution in [0.2, 0.25) is 0 Å². The Bertz CT molecular complexity index is 506. The Kier molecular flexibility index (Phi) is 3.59. The molecule has 0 atom stereocenters. The molecule has 0 aromatic heterocycles. The topological polar surface area (TPSA) is 69.2 Å². The third-order valence-electron chi connectivity index (χ3n) is 2.16. The van der Waals surface area contributed by atoms with Gasteiger partial charge in [-0.2, -0.15) is 5.10 Å². The van der Waals surface area contributed by atoms with Gasteiger partial charge in [-0.1, -0.05) is 0 Å². The summed E-state index contributed by atoms with van der Waals surface area (Å²) < 4.78 is 15.5. The van der Waals surface area contributed by atoms with Gasteiger partial charge in [0.2, 0.25) is 6.79 Å². The van der Waals surface area contributed by atoms with E-state index in [2.05, 4.69) is 10.5 Å². The molecular weight excluding hydrogens is 248 g/mol. The van der Waals surface area contributed by atoms with Crippen molar-refractivity contribution in [2.24, 2.45) is 5.10 Å². The first-order valence-corrected chi connectivity index (χ1v) is 5.86. The van der Waals surface area contributed by atoms with Gasteiger partial charge in [0, 0.05) is 0 Å². The number of amides is 1. The van der Waals surface area contributed by atoms with Gasteiger partial charge in [0.1, 0.15) is 5.60 Å². The molecule has 1 aliphatic rings. The molecule has 0 radical (unpaired) electrons. The number of benzene rings is 1. The summed E-state index contributed by atoms with van der Waals surface area (Å²) in [6, 6.07) is 5.38. The van der Waals surface area contributed by atoms with Crippen LogP contribution in [0.1, 0.15) is 26.3 Å². The lowest BCUT2D eigenvalue weighted by molar-refractivity contribution is 0.0529. The Hall–Kier alpha value is -2.24. The van der Waals surface area contributed by atoms with E-state index in [1.54, 1.807) is 32.9 Å². The number of hydrogen-bond donors (Lipinski definition) is 1. The smallest absolute Gasteiger partial charge is 0.428 e. The lowest BCUT2D eigenvalue weighted by Crippen LogP contribution is -2.29. The number of hydrogen-bond acceptors (Lipinski definition) is 5. The van der Waals surface area contributed by atoms with Crippen LogP contribution in [-0.2, 0) is 4.74 Å². The molecule has 0 fully saturated rings. The molecule has 102 valence electrons. The standard InChI is InChI=1S/C13H16N2O4/c1-13(2,3)19-12(16)15-14-7-9-4-5-10-11(6-9)18-8-17-10/h4-7H,8H2,1-3H3,(H,15,16)/b14-7-. The van der Waals surface area contributed by atoms with Crippen molar-refractivity contribution in [2.45, 2.75) is 26.4 Å². The fourth-order valence-electron chi connectivity index (χ4n) is 1.45. The molecule has 1 heterocycles. The molecule has 1 amide bonds. The maximum absolute atomic E-state index is 11.3. The molecule has 0 bridgehead atoms. The van der Waals surface area contributed by atoms with Crippen LogP contribution in [0.3, 0.4) is 0 Å². The van der Waals surface area contributed by atoms with Crippen molar-refractivity contribution >= 4 is 12.3 Å². The highest BCUT2D eigenvalue weighted by Gasteiger charge is 2.15. The lowest BCUT2D eigenvalue weighted by atomic mass is 10.2. The number of fused-ring (bicyclic) bond motifs is 1. The minimum atomic E-state index is -0.593. The normalized spacial score (nSPS) is 13.6. The van der Waals surface area contributed by atoms with Crippen LogP contribution in [0.5, 0.6) is 11.5 Å². The van der Waals surface area contributed by atoms with Gasteiger partial charge < -0.3 is 14.2 Å². The molecule has 1 aromatic rings. The number of nitrogens with one attached hydrogen (secondary N) is 1. The van der Waals surface area contributed by atoms with E-state index in [1.807, 2.05) is 6.07 Å². The van der Waals surface area contributed by atoms with Crippen molar-refractivity contribution in [1.29, 1.82) is 0 Å². The van der Waals surface area contributed by atoms with Crippen LogP contribution in [0.15, 0.2) is 23.3 Å². The maximum atomic E-state index is 11.3. The third-order valence-corrected chi connectivity index (χ3v) is 2.16. The molecule has 0 saturated carbocycles. The number of ether oxygens (including phenoxy) is 3. The first-order valence-electron chi connectivity index (χ1n) is 5.86. The van der Waals surface area contributed by atoms with E-state index < -0.39 is 11.7 Å². The van der Waals surface area contributed by atoms with E-state index in [4.69, 9.17) is 14.2 Å². The first kappa shape index (κ1) is 13.2. The Balaban J connectivity index is 1.91. The van der Waals surface area contributed by atoms with Crippen molar-refractivity contribution in [3.63, 3.8) is 0 Å². The summed E-state index contributed by atoms with van der Waals surface area (Å²) in [5, 5.41) is 3.81. The summed E-state index contributed by atoms with van der Waals surface area (Å²) in [5.74, 6) is 1.37. The molecule has 0 spiro atoms. The average Bonchev–Trinajstić information content (AvgIpc) is 2.73. The van der Waals surface area contributed by atoms with E-state index in [9.17, 15) is 4.79 Å². The number of carbonyl (C=O) groups excluding carboxylic acids is 1. The summed E-state index contributed by atoms with van der Waals surface area (Å²) in [6.45, 7) is 5.59. The van der Waals surface area contributed by atoms with E-state index in [0.29, 0.717) is 11.5 Å². The lowest BCUT2D eigenvalue weighted by Gasteiger charge is -2.18. The van der Waals surface area contributed by atoms with Crippen LogP contribution >= 0.6 is 0 Å². The highest BCUT2D eigenvalue weighted by molar-refractivity contribution is 5.82. The minimum absolute atomic E-state index is 0.228. The molecule has 1 aliphatic heterocycles. The Labute approximate surface area is 111 Å². The predicted molar refractivity (Wildman–Crippen MR) is 69.5 cm³/mol. The fraction of sp³-hybridized carbons (Fsp3) is 0.385. The van der Waals surface area contributed by atoms with Gasteiger partial charge in [-0.15, -0.1) is 0 Å². The van der Waals surface area contributed by atoms with Crippen molar-refractivity contribution in [3.8, 4) is 11.5 Å². The van der Waals surface area contributed by atoms with E-state index >= 15 is 0 Å². The van der Waals surface area contributed by atoms with Crippen LogP contribution < -0.4 is 14.9 Å². The maximum Gasteiger partial charge on any atom is 0.428 e. The van der Waals surface area contributed by atoms with Crippen LogP contribution in [0, 0.1) is 0 Å². The van der Waals surface area contributed by atoms with E-state index in [1.165, 1.54) is 6.21 Å². The van der Waals surface area contributed by atoms with E-state index in [-0.39, 0.29) is 6.79 Å². The second-order valence-corrected chi connectivity index (χ2v) is 4.98. The Morgan fingerprint density at radius 1 is 1.37 bits per heavy atom. The monoisotopic (exact) mass is 264 g/mol. The Morgan fingerprint density at radius 2 is 2.11 bits per heavy atom. The number of nitrogens with zero attached hydrogens (tertiary/aromatic N) is 1. The second-order valence-electron chi connectivity index (χ2n) is 4.98. The molecule has 0 aliphatic carbocycles. The molecule has 19 heavy (non-hydrogen) atoms. The van der Waals surface area contributed by atoms with Crippen LogP contribution in [-0.4, -0.2) is 24.7 Å². The quantitative estimate of drug-likeness (QED) is 0.657. The third kappa shape index (κ3) is 3.87. The highest BCUT2D eigenvalue weighted by atomic mass is 16.7. The number of hydrazone groups is 1. The Morgan fingerprint density at radius 3 is 2.84 bits per heavy atom. The number of rotatable bonds is 2. The largest absolute Gasteiger partial charge is 0.454 e. The van der Waals surface area contributed by atoms with Crippen LogP contribution in [0.25, 0.3) is 0 Å². The SMILES string of the molecule is CC(C)(C)OC(=O)N/N=C\c1ccc2c(c1)OCO2. The molecule has 0 unspecified atom stereocenters. The van der Waals surface area contributed by atoms with Crippen LogP contribution in [0.4, 0.5) is 4.79 Å². The fourth-order valence-corrected chi connectivity index (χ4v) is 1.45. The highest BCUT2D eigenvalue weighted by Crippen LogP contribution is 2.31. The average molecular weight is 264 g/mol. The zero-order valence-electron chi connectivity index (χ0n) is 11.1. The van der Waals surface area contributed by atoms with E-state index in [0.717, 1.165) is 5.56 Å². The van der Waals surface area contributed by atoms with Gasteiger partial charge in [0.05, 0.1) is 6.21 Å². The van der Waals surface area contributed by atoms with Gasteiger partial charge in [0.25, 0.3) is 0 Å². The zero-order valence-corrected chi connectivity index (χ0v) is 11.1. The summed E-state index contributed by atoms with van der Waals surface area (Å²) >= 11 is 0. The van der Waals surface area contributed by atoms with Gasteiger partial charge >= 0.3 is 6.09 Å². The molecule has 0 saturated heterocycles. The predicted octanol–water partition coefficient (Wildman–Crippen LogP) is 2.27. The van der Waals surface area contributed by atoms with Gasteiger partial charge in [-0.25, -0.2) is 10.2 Å². The summed E-state index contributed by atoms with van der Waals surface area (Å²) in [5.41, 5.74) is 2.54. The van der Waals surface area contributed by atoms with Crippen molar-refractivity contribution in [2.75, 3.05) is 6.79 Å². The van der Waals surface area contributed by atoms with Gasteiger partial charge in [0.15, 0.2) is 11.5 Å². The summed E-state index contributed by atoms with van der Waals surface area (Å²) in [6.07, 6.45) is 0.913. The minimum Gasteiger partial charge on any atom is -0.454 e. The molecule has 6 heteroatoms. The molecule has 1 aromatic carbocycles. The van der Waals surface area contributed by atoms with Crippen molar-refractivity contribution in [1.82, 2.24) is 5.43 Å².